The molecule has 2 amide bonds. The summed E-state index contributed by atoms with van der Waals surface area (Å²) in [5.74, 6) is -1.56. The highest BCUT2D eigenvalue weighted by Crippen LogP contribution is 2.30. The Labute approximate surface area is 158 Å². The Hall–Kier alpha value is -2.42. The Morgan fingerprint density at radius 2 is 2.00 bits per heavy atom. The minimum absolute atomic E-state index is 0.0252. The van der Waals surface area contributed by atoms with Crippen LogP contribution >= 0.6 is 0 Å². The molecule has 0 unspecified atom stereocenters. The van der Waals surface area contributed by atoms with Gasteiger partial charge in [0, 0.05) is 26.1 Å². The number of likely N-dealkylation sites (tertiary alicyclic amines) is 1. The average molecular weight is 394 g/mol. The molecule has 8 nitrogen and oxygen atoms in total. The van der Waals surface area contributed by atoms with Crippen molar-refractivity contribution >= 4 is 27.8 Å². The molecule has 0 radical (unpaired) electrons. The van der Waals surface area contributed by atoms with Crippen molar-refractivity contribution in [2.75, 3.05) is 26.2 Å². The van der Waals surface area contributed by atoms with Gasteiger partial charge in [0.2, 0.25) is 5.91 Å². The van der Waals surface area contributed by atoms with E-state index >= 15 is 0 Å². The van der Waals surface area contributed by atoms with Crippen molar-refractivity contribution in [3.8, 4) is 0 Å². The van der Waals surface area contributed by atoms with E-state index in [1.54, 1.807) is 24.0 Å². The fourth-order valence-corrected chi connectivity index (χ4v) is 5.03. The normalized spacial score (nSPS) is 21.1. The number of hydrogen-bond donors (Lipinski definition) is 0. The van der Waals surface area contributed by atoms with Crippen molar-refractivity contribution in [2.45, 2.75) is 31.1 Å². The van der Waals surface area contributed by atoms with Gasteiger partial charge in [0.25, 0.3) is 15.9 Å². The summed E-state index contributed by atoms with van der Waals surface area (Å²) in [6.07, 6.45) is 1.23. The number of fused-ring (bicyclic) bond motifs is 1. The van der Waals surface area contributed by atoms with E-state index in [9.17, 15) is 22.8 Å². The first-order valence-corrected chi connectivity index (χ1v) is 10.4. The van der Waals surface area contributed by atoms with E-state index in [-0.39, 0.29) is 47.8 Å². The molecular formula is C18H22N2O6S. The molecule has 0 aromatic heterocycles. The van der Waals surface area contributed by atoms with Gasteiger partial charge in [-0.2, -0.15) is 0 Å². The van der Waals surface area contributed by atoms with Gasteiger partial charge in [-0.25, -0.2) is 12.7 Å². The van der Waals surface area contributed by atoms with E-state index < -0.39 is 15.9 Å². The van der Waals surface area contributed by atoms with Crippen molar-refractivity contribution in [1.29, 1.82) is 0 Å². The second-order valence-corrected chi connectivity index (χ2v) is 8.39. The molecule has 1 atom stereocenters. The second-order valence-electron chi connectivity index (χ2n) is 6.56. The zero-order valence-electron chi connectivity index (χ0n) is 15.1. The fourth-order valence-electron chi connectivity index (χ4n) is 3.46. The summed E-state index contributed by atoms with van der Waals surface area (Å²) in [5.41, 5.74) is 0.130. The van der Waals surface area contributed by atoms with Crippen LogP contribution in [0.3, 0.4) is 0 Å². The first-order chi connectivity index (χ1) is 12.9. The summed E-state index contributed by atoms with van der Waals surface area (Å²) in [6, 6.07) is 6.01. The number of hydrogen-bond acceptors (Lipinski definition) is 6. The third-order valence-corrected chi connectivity index (χ3v) is 6.68. The van der Waals surface area contributed by atoms with E-state index in [1.807, 2.05) is 0 Å². The van der Waals surface area contributed by atoms with Gasteiger partial charge in [-0.05, 0) is 31.9 Å². The predicted molar refractivity (Wildman–Crippen MR) is 95.2 cm³/mol. The summed E-state index contributed by atoms with van der Waals surface area (Å²) >= 11 is 0. The van der Waals surface area contributed by atoms with Crippen LogP contribution in [0.1, 0.15) is 36.5 Å². The van der Waals surface area contributed by atoms with Crippen LogP contribution in [0.15, 0.2) is 29.2 Å². The van der Waals surface area contributed by atoms with Crippen LogP contribution in [-0.4, -0.2) is 61.6 Å². The zero-order chi connectivity index (χ0) is 19.6. The van der Waals surface area contributed by atoms with Gasteiger partial charge in [0.05, 0.1) is 18.1 Å². The SMILES string of the molecule is CCOC(=O)[C@H]1CCCN(C(=O)CCN2C(=O)c3ccccc3S2(=O)=O)C1. The molecule has 146 valence electrons. The Morgan fingerprint density at radius 3 is 2.70 bits per heavy atom. The molecule has 0 saturated carbocycles. The van der Waals surface area contributed by atoms with Gasteiger partial charge >= 0.3 is 5.97 Å². The molecule has 0 aliphatic carbocycles. The lowest BCUT2D eigenvalue weighted by atomic mass is 9.98. The van der Waals surface area contributed by atoms with E-state index in [2.05, 4.69) is 0 Å². The molecule has 27 heavy (non-hydrogen) atoms. The molecule has 0 bridgehead atoms. The number of ether oxygens (including phenoxy) is 1. The van der Waals surface area contributed by atoms with E-state index in [1.165, 1.54) is 12.1 Å². The summed E-state index contributed by atoms with van der Waals surface area (Å²) < 4.78 is 30.8. The molecule has 0 N–H and O–H groups in total. The number of benzene rings is 1. The number of esters is 1. The van der Waals surface area contributed by atoms with Gasteiger partial charge in [-0.15, -0.1) is 0 Å². The Morgan fingerprint density at radius 1 is 1.26 bits per heavy atom. The number of amides is 2. The van der Waals surface area contributed by atoms with Crippen LogP contribution in [0.4, 0.5) is 0 Å². The highest BCUT2D eigenvalue weighted by molar-refractivity contribution is 7.90. The van der Waals surface area contributed by atoms with Crippen LogP contribution in [0.2, 0.25) is 0 Å². The summed E-state index contributed by atoms with van der Waals surface area (Å²) in [6.45, 7) is 2.58. The number of carbonyl (C=O) groups is 3. The molecule has 0 spiro atoms. The minimum atomic E-state index is -3.91. The maximum Gasteiger partial charge on any atom is 0.310 e. The zero-order valence-corrected chi connectivity index (χ0v) is 15.9. The molecule has 1 fully saturated rings. The lowest BCUT2D eigenvalue weighted by Crippen LogP contribution is -2.44. The maximum absolute atomic E-state index is 12.5. The summed E-state index contributed by atoms with van der Waals surface area (Å²) in [5, 5.41) is 0. The minimum Gasteiger partial charge on any atom is -0.466 e. The van der Waals surface area contributed by atoms with Gasteiger partial charge in [0.15, 0.2) is 0 Å². The first kappa shape index (κ1) is 19.3. The van der Waals surface area contributed by atoms with Gasteiger partial charge in [0.1, 0.15) is 4.90 Å². The van der Waals surface area contributed by atoms with Crippen LogP contribution in [-0.2, 0) is 24.3 Å². The third-order valence-electron chi connectivity index (χ3n) is 4.83. The van der Waals surface area contributed by atoms with E-state index in [4.69, 9.17) is 4.74 Å². The lowest BCUT2D eigenvalue weighted by Gasteiger charge is -2.32. The number of sulfonamides is 1. The molecule has 3 rings (SSSR count). The average Bonchev–Trinajstić information content (AvgIpc) is 2.86. The predicted octanol–water partition coefficient (Wildman–Crippen LogP) is 1.02. The topological polar surface area (TPSA) is 101 Å². The standard InChI is InChI=1S/C18H22N2O6S/c1-2-26-18(23)13-6-5-10-19(12-13)16(21)9-11-20-17(22)14-7-3-4-8-15(14)27(20,24)25/h3-4,7-8,13H,2,5-6,9-12H2,1H3/t13-/m0/s1. The quantitative estimate of drug-likeness (QED) is 0.691. The van der Waals surface area contributed by atoms with E-state index in [0.29, 0.717) is 26.0 Å². The molecule has 1 aromatic rings. The molecule has 1 saturated heterocycles. The third kappa shape index (κ3) is 3.69. The number of nitrogens with zero attached hydrogens (tertiary/aromatic N) is 2. The Kier molecular flexibility index (Phi) is 5.50. The lowest BCUT2D eigenvalue weighted by molar-refractivity contribution is -0.151. The number of piperidine rings is 1. The molecule has 2 aliphatic rings. The van der Waals surface area contributed by atoms with Crippen LogP contribution in [0, 0.1) is 5.92 Å². The fraction of sp³-hybridized carbons (Fsp3) is 0.500. The van der Waals surface area contributed by atoms with E-state index in [0.717, 1.165) is 4.31 Å². The molecule has 9 heteroatoms. The van der Waals surface area contributed by atoms with Crippen molar-refractivity contribution in [1.82, 2.24) is 9.21 Å². The monoisotopic (exact) mass is 394 g/mol. The highest BCUT2D eigenvalue weighted by atomic mass is 32.2. The van der Waals surface area contributed by atoms with Crippen LogP contribution in [0.25, 0.3) is 0 Å². The van der Waals surface area contributed by atoms with Crippen molar-refractivity contribution in [3.63, 3.8) is 0 Å². The Balaban J connectivity index is 1.63. The van der Waals surface area contributed by atoms with Gasteiger partial charge < -0.3 is 9.64 Å². The largest absolute Gasteiger partial charge is 0.466 e. The number of carbonyl (C=O) groups excluding carboxylic acids is 3. The summed E-state index contributed by atoms with van der Waals surface area (Å²) in [4.78, 5) is 38.3. The first-order valence-electron chi connectivity index (χ1n) is 8.96. The second kappa shape index (κ2) is 7.67. The molecule has 2 aliphatic heterocycles. The highest BCUT2D eigenvalue weighted by Gasteiger charge is 2.41. The number of rotatable bonds is 5. The van der Waals surface area contributed by atoms with Gasteiger partial charge in [-0.1, -0.05) is 12.1 Å². The van der Waals surface area contributed by atoms with Crippen molar-refractivity contribution in [3.05, 3.63) is 29.8 Å². The van der Waals surface area contributed by atoms with Crippen molar-refractivity contribution in [2.24, 2.45) is 5.92 Å². The Bertz CT molecular complexity index is 866. The smallest absolute Gasteiger partial charge is 0.310 e. The van der Waals surface area contributed by atoms with Gasteiger partial charge in [-0.3, -0.25) is 14.4 Å². The van der Waals surface area contributed by atoms with Crippen LogP contribution in [0.5, 0.6) is 0 Å². The maximum atomic E-state index is 12.5. The molecular weight excluding hydrogens is 372 g/mol. The summed E-state index contributed by atoms with van der Waals surface area (Å²) in [7, 11) is -3.91. The molecule has 2 heterocycles. The van der Waals surface area contributed by atoms with Crippen LogP contribution < -0.4 is 0 Å². The molecule has 1 aromatic carbocycles. The van der Waals surface area contributed by atoms with Crippen molar-refractivity contribution < 1.29 is 27.5 Å².